The van der Waals surface area contributed by atoms with Crippen molar-refractivity contribution in [2.45, 2.75) is 38.5 Å². The normalized spacial score (nSPS) is 11.9. The van der Waals surface area contributed by atoms with Crippen LogP contribution in [0, 0.1) is 13.8 Å². The van der Waals surface area contributed by atoms with E-state index >= 15 is 0 Å². The SMILES string of the molecule is Cc1ccc(N)c(C)c1S(=O)(=O)Nc1cc(C(C)C)[nH]n1. The van der Waals surface area contributed by atoms with Gasteiger partial charge in [0.2, 0.25) is 0 Å². The number of rotatable bonds is 4. The molecule has 0 aliphatic rings. The van der Waals surface area contributed by atoms with Gasteiger partial charge in [-0.3, -0.25) is 9.82 Å². The van der Waals surface area contributed by atoms with Crippen molar-refractivity contribution in [3.05, 3.63) is 35.0 Å². The molecular formula is C14H20N4O2S. The molecule has 0 aliphatic heterocycles. The summed E-state index contributed by atoms with van der Waals surface area (Å²) in [5.41, 5.74) is 8.32. The second kappa shape index (κ2) is 5.40. The van der Waals surface area contributed by atoms with Crippen molar-refractivity contribution < 1.29 is 8.42 Å². The highest BCUT2D eigenvalue weighted by Crippen LogP contribution is 2.26. The Bertz CT molecular complexity index is 763. The van der Waals surface area contributed by atoms with Crippen LogP contribution in [0.4, 0.5) is 11.5 Å². The molecule has 0 radical (unpaired) electrons. The van der Waals surface area contributed by atoms with Crippen molar-refractivity contribution in [3.63, 3.8) is 0 Å². The van der Waals surface area contributed by atoms with Gasteiger partial charge in [0.25, 0.3) is 10.0 Å². The fraction of sp³-hybridized carbons (Fsp3) is 0.357. The molecule has 0 spiro atoms. The monoisotopic (exact) mass is 308 g/mol. The smallest absolute Gasteiger partial charge is 0.263 e. The summed E-state index contributed by atoms with van der Waals surface area (Å²) in [4.78, 5) is 0.205. The van der Waals surface area contributed by atoms with Gasteiger partial charge in [0.15, 0.2) is 5.82 Å². The maximum Gasteiger partial charge on any atom is 0.263 e. The first-order valence-corrected chi connectivity index (χ1v) is 8.14. The highest BCUT2D eigenvalue weighted by Gasteiger charge is 2.22. The predicted molar refractivity (Wildman–Crippen MR) is 83.8 cm³/mol. The number of anilines is 2. The van der Waals surface area contributed by atoms with E-state index in [1.54, 1.807) is 32.0 Å². The molecule has 7 heteroatoms. The first kappa shape index (κ1) is 15.4. The number of nitrogens with two attached hydrogens (primary N) is 1. The van der Waals surface area contributed by atoms with Gasteiger partial charge in [-0.25, -0.2) is 8.42 Å². The van der Waals surface area contributed by atoms with Crippen LogP contribution >= 0.6 is 0 Å². The van der Waals surface area contributed by atoms with E-state index in [0.717, 1.165) is 5.69 Å². The summed E-state index contributed by atoms with van der Waals surface area (Å²) < 4.78 is 27.6. The van der Waals surface area contributed by atoms with Crippen LogP contribution in [0.15, 0.2) is 23.1 Å². The quantitative estimate of drug-likeness (QED) is 0.755. The molecule has 0 amide bonds. The lowest BCUT2D eigenvalue weighted by atomic mass is 10.1. The highest BCUT2D eigenvalue weighted by atomic mass is 32.2. The zero-order valence-electron chi connectivity index (χ0n) is 12.6. The standard InChI is InChI=1S/C14H20N4O2S/c1-8(2)12-7-13(17-16-12)18-21(19,20)14-9(3)5-6-11(15)10(14)4/h5-8H,15H2,1-4H3,(H2,16,17,18). The van der Waals surface area contributed by atoms with E-state index in [0.29, 0.717) is 16.8 Å². The third-order valence-electron chi connectivity index (χ3n) is 3.37. The average molecular weight is 308 g/mol. The van der Waals surface area contributed by atoms with Crippen LogP contribution in [-0.2, 0) is 10.0 Å². The highest BCUT2D eigenvalue weighted by molar-refractivity contribution is 7.92. The number of hydrogen-bond acceptors (Lipinski definition) is 4. The van der Waals surface area contributed by atoms with Crippen LogP contribution < -0.4 is 10.5 Å². The van der Waals surface area contributed by atoms with Crippen molar-refractivity contribution in [1.29, 1.82) is 0 Å². The number of H-pyrrole nitrogens is 1. The zero-order valence-corrected chi connectivity index (χ0v) is 13.4. The Hall–Kier alpha value is -2.02. The zero-order chi connectivity index (χ0) is 15.8. The molecule has 114 valence electrons. The molecule has 21 heavy (non-hydrogen) atoms. The summed E-state index contributed by atoms with van der Waals surface area (Å²) in [5, 5.41) is 6.80. The first-order chi connectivity index (χ1) is 9.72. The maximum absolute atomic E-state index is 12.6. The topological polar surface area (TPSA) is 101 Å². The minimum absolute atomic E-state index is 0.205. The molecule has 1 heterocycles. The summed E-state index contributed by atoms with van der Waals surface area (Å²) in [6.45, 7) is 7.43. The van der Waals surface area contributed by atoms with Gasteiger partial charge in [0.1, 0.15) is 0 Å². The molecule has 0 saturated carbocycles. The van der Waals surface area contributed by atoms with E-state index in [2.05, 4.69) is 14.9 Å². The minimum atomic E-state index is -3.72. The van der Waals surface area contributed by atoms with Crippen molar-refractivity contribution in [1.82, 2.24) is 10.2 Å². The Morgan fingerprint density at radius 3 is 2.52 bits per heavy atom. The maximum atomic E-state index is 12.6. The molecule has 2 aromatic rings. The van der Waals surface area contributed by atoms with Gasteiger partial charge in [-0.2, -0.15) is 5.10 Å². The molecular weight excluding hydrogens is 288 g/mol. The molecule has 0 unspecified atom stereocenters. The van der Waals surface area contributed by atoms with Gasteiger partial charge in [-0.05, 0) is 37.0 Å². The molecule has 0 aliphatic carbocycles. The van der Waals surface area contributed by atoms with Crippen LogP contribution in [0.2, 0.25) is 0 Å². The number of nitrogens with one attached hydrogen (secondary N) is 2. The van der Waals surface area contributed by atoms with Crippen LogP contribution in [0.3, 0.4) is 0 Å². The lowest BCUT2D eigenvalue weighted by molar-refractivity contribution is 0.600. The molecule has 0 atom stereocenters. The second-order valence-electron chi connectivity index (χ2n) is 5.39. The van der Waals surface area contributed by atoms with Gasteiger partial charge in [-0.1, -0.05) is 19.9 Å². The molecule has 0 fully saturated rings. The number of sulfonamides is 1. The number of nitrogen functional groups attached to an aromatic ring is 1. The summed E-state index contributed by atoms with van der Waals surface area (Å²) in [7, 11) is -3.72. The fourth-order valence-corrected chi connectivity index (χ4v) is 3.62. The van der Waals surface area contributed by atoms with Crippen LogP contribution in [-0.4, -0.2) is 18.6 Å². The van der Waals surface area contributed by atoms with Gasteiger partial charge in [0.05, 0.1) is 4.90 Å². The molecule has 2 rings (SSSR count). The van der Waals surface area contributed by atoms with E-state index in [4.69, 9.17) is 5.73 Å². The van der Waals surface area contributed by atoms with E-state index in [9.17, 15) is 8.42 Å². The van der Waals surface area contributed by atoms with E-state index in [-0.39, 0.29) is 16.6 Å². The van der Waals surface area contributed by atoms with E-state index < -0.39 is 10.0 Å². The van der Waals surface area contributed by atoms with E-state index in [1.165, 1.54) is 0 Å². The minimum Gasteiger partial charge on any atom is -0.398 e. The van der Waals surface area contributed by atoms with Crippen molar-refractivity contribution in [2.24, 2.45) is 0 Å². The van der Waals surface area contributed by atoms with Crippen molar-refractivity contribution in [2.75, 3.05) is 10.5 Å². The number of aromatic amines is 1. The third kappa shape index (κ3) is 3.02. The van der Waals surface area contributed by atoms with Gasteiger partial charge < -0.3 is 5.73 Å². The summed E-state index contributed by atoms with van der Waals surface area (Å²) in [5.74, 6) is 0.520. The van der Waals surface area contributed by atoms with Gasteiger partial charge >= 0.3 is 0 Å². The van der Waals surface area contributed by atoms with Crippen molar-refractivity contribution in [3.8, 4) is 0 Å². The predicted octanol–water partition coefficient (Wildman–Crippen LogP) is 2.53. The molecule has 4 N–H and O–H groups in total. The number of benzene rings is 1. The van der Waals surface area contributed by atoms with Crippen LogP contribution in [0.1, 0.15) is 36.6 Å². The Labute approximate surface area is 124 Å². The van der Waals surface area contributed by atoms with Crippen LogP contribution in [0.25, 0.3) is 0 Å². The summed E-state index contributed by atoms with van der Waals surface area (Å²) in [6.07, 6.45) is 0. The molecule has 1 aromatic carbocycles. The Morgan fingerprint density at radius 1 is 1.29 bits per heavy atom. The molecule has 6 nitrogen and oxygen atoms in total. The largest absolute Gasteiger partial charge is 0.398 e. The van der Waals surface area contributed by atoms with Gasteiger partial charge in [-0.15, -0.1) is 0 Å². The number of aryl methyl sites for hydroxylation is 1. The fourth-order valence-electron chi connectivity index (χ4n) is 2.13. The number of hydrogen-bond donors (Lipinski definition) is 3. The van der Waals surface area contributed by atoms with Gasteiger partial charge in [0, 0.05) is 17.4 Å². The molecule has 0 saturated heterocycles. The van der Waals surface area contributed by atoms with E-state index in [1.807, 2.05) is 13.8 Å². The Kier molecular flexibility index (Phi) is 3.95. The number of nitrogens with zero attached hydrogens (tertiary/aromatic N) is 1. The second-order valence-corrected chi connectivity index (χ2v) is 7.01. The number of aromatic nitrogens is 2. The lowest BCUT2D eigenvalue weighted by Gasteiger charge is -2.13. The summed E-state index contributed by atoms with van der Waals surface area (Å²) in [6, 6.07) is 5.09. The molecule has 1 aromatic heterocycles. The summed E-state index contributed by atoms with van der Waals surface area (Å²) >= 11 is 0. The lowest BCUT2D eigenvalue weighted by Crippen LogP contribution is -2.16. The van der Waals surface area contributed by atoms with Crippen molar-refractivity contribution >= 4 is 21.5 Å². The first-order valence-electron chi connectivity index (χ1n) is 6.66. The Morgan fingerprint density at radius 2 is 1.95 bits per heavy atom. The Balaban J connectivity index is 2.41. The average Bonchev–Trinajstić information content (AvgIpc) is 2.82. The third-order valence-corrected chi connectivity index (χ3v) is 5.02. The molecule has 0 bridgehead atoms. The van der Waals surface area contributed by atoms with Crippen LogP contribution in [0.5, 0.6) is 0 Å².